The number of piperidine rings is 1. The highest BCUT2D eigenvalue weighted by atomic mass is 35.5. The van der Waals surface area contributed by atoms with Gasteiger partial charge in [-0.2, -0.15) is 5.01 Å². The van der Waals surface area contributed by atoms with E-state index in [0.717, 1.165) is 18.4 Å². The fourth-order valence-electron chi connectivity index (χ4n) is 4.89. The minimum Gasteiger partial charge on any atom is -0.347 e. The lowest BCUT2D eigenvalue weighted by Crippen LogP contribution is -2.62. The summed E-state index contributed by atoms with van der Waals surface area (Å²) in [5, 5.41) is 14.3. The molecule has 11 heteroatoms. The van der Waals surface area contributed by atoms with Crippen LogP contribution in [-0.4, -0.2) is 50.0 Å². The van der Waals surface area contributed by atoms with Gasteiger partial charge in [0.1, 0.15) is 23.0 Å². The van der Waals surface area contributed by atoms with E-state index in [1.165, 1.54) is 18.2 Å². The molecule has 3 aliphatic heterocycles. The molecule has 3 aliphatic rings. The molecule has 4 heterocycles. The second-order valence-electron chi connectivity index (χ2n) is 8.11. The van der Waals surface area contributed by atoms with Crippen LogP contribution in [0.2, 0.25) is 5.15 Å². The van der Waals surface area contributed by atoms with Crippen molar-refractivity contribution in [1.82, 2.24) is 19.8 Å². The number of nitrogens with one attached hydrogen (secondary N) is 1. The van der Waals surface area contributed by atoms with Gasteiger partial charge in [0.15, 0.2) is 17.5 Å². The number of para-hydroxylation sites is 1. The Morgan fingerprint density at radius 1 is 1.19 bits per heavy atom. The van der Waals surface area contributed by atoms with Crippen molar-refractivity contribution < 1.29 is 13.7 Å². The number of hydrogen-bond acceptors (Lipinski definition) is 7. The third-order valence-corrected chi connectivity index (χ3v) is 6.47. The topological polar surface area (TPSA) is 77.8 Å². The number of anilines is 1. The number of fused-ring (bicyclic) bond motifs is 4. The van der Waals surface area contributed by atoms with Crippen LogP contribution in [-0.2, 0) is 6.54 Å². The molecule has 2 bridgehead atoms. The van der Waals surface area contributed by atoms with Gasteiger partial charge in [-0.15, -0.1) is 0 Å². The van der Waals surface area contributed by atoms with Crippen LogP contribution in [0.3, 0.4) is 0 Å². The minimum atomic E-state index is -0.737. The molecule has 168 valence electrons. The second-order valence-corrected chi connectivity index (χ2v) is 8.50. The Morgan fingerprint density at radius 3 is 2.66 bits per heavy atom. The molecule has 2 fully saturated rings. The third kappa shape index (κ3) is 3.53. The van der Waals surface area contributed by atoms with E-state index >= 15 is 0 Å². The Labute approximate surface area is 188 Å². The monoisotopic (exact) mass is 462 g/mol. The van der Waals surface area contributed by atoms with Crippen LogP contribution in [0.25, 0.3) is 0 Å². The molecule has 5 rings (SSSR count). The molecular formula is C21H21ClF2N6O2. The summed E-state index contributed by atoms with van der Waals surface area (Å²) < 4.78 is 28.7. The molecule has 0 aliphatic carbocycles. The highest BCUT2D eigenvalue weighted by Gasteiger charge is 2.52. The molecule has 2 unspecified atom stereocenters. The Balaban J connectivity index is 1.52. The average Bonchev–Trinajstić information content (AvgIpc) is 3.15. The molecule has 8 nitrogen and oxygen atoms in total. The Hall–Kier alpha value is -2.98. The second kappa shape index (κ2) is 8.18. The van der Waals surface area contributed by atoms with Gasteiger partial charge < -0.3 is 15.2 Å². The fraction of sp³-hybridized carbons (Fsp3) is 0.381. The number of nitrogens with zero attached hydrogens (tertiary/aromatic N) is 5. The third-order valence-electron chi connectivity index (χ3n) is 6.25. The predicted molar refractivity (Wildman–Crippen MR) is 114 cm³/mol. The van der Waals surface area contributed by atoms with Crippen LogP contribution in [0.5, 0.6) is 0 Å². The number of hydrogen-bond donors (Lipinski definition) is 1. The van der Waals surface area contributed by atoms with Crippen LogP contribution < -0.4 is 5.43 Å². The molecule has 0 saturated carbocycles. The molecule has 2 atom stereocenters. The first-order valence-electron chi connectivity index (χ1n) is 10.4. The number of nitro groups is 1. The first-order valence-corrected chi connectivity index (χ1v) is 10.8. The average molecular weight is 463 g/mol. The Morgan fingerprint density at radius 2 is 1.97 bits per heavy atom. The Kier molecular flexibility index (Phi) is 5.34. The van der Waals surface area contributed by atoms with Gasteiger partial charge in [0.2, 0.25) is 0 Å². The summed E-state index contributed by atoms with van der Waals surface area (Å²) in [5.41, 5.74) is 3.49. The molecule has 1 aromatic heterocycles. The van der Waals surface area contributed by atoms with Crippen molar-refractivity contribution in [2.24, 2.45) is 0 Å². The van der Waals surface area contributed by atoms with Gasteiger partial charge in [0, 0.05) is 25.8 Å². The standard InChI is InChI=1S/C21H21ClF2N6O2/c22-17-8-7-13(11-25-17)12-27-9-10-28-18-6-2-5-16(20(21(27)28)30(31)32)29(18)26-19-14(23)3-1-4-15(19)24/h1,3-4,7-8,11,16,18,26H,2,5-6,9-10,12H2. The normalized spacial score (nSPS) is 22.8. The van der Waals surface area contributed by atoms with Gasteiger partial charge in [-0.05, 0) is 43.0 Å². The van der Waals surface area contributed by atoms with Crippen LogP contribution in [0, 0.1) is 21.7 Å². The lowest BCUT2D eigenvalue weighted by molar-refractivity contribution is -0.440. The van der Waals surface area contributed by atoms with E-state index in [0.29, 0.717) is 37.0 Å². The van der Waals surface area contributed by atoms with Gasteiger partial charge in [-0.1, -0.05) is 23.7 Å². The molecular weight excluding hydrogens is 442 g/mol. The van der Waals surface area contributed by atoms with E-state index in [1.54, 1.807) is 17.3 Å². The number of rotatable bonds is 5. The number of hydrazine groups is 1. The highest BCUT2D eigenvalue weighted by Crippen LogP contribution is 2.42. The molecule has 2 aromatic rings. The van der Waals surface area contributed by atoms with E-state index in [2.05, 4.69) is 10.4 Å². The summed E-state index contributed by atoms with van der Waals surface area (Å²) in [5.74, 6) is -0.899. The summed E-state index contributed by atoms with van der Waals surface area (Å²) >= 11 is 5.88. The van der Waals surface area contributed by atoms with Crippen LogP contribution in [0.4, 0.5) is 14.5 Å². The summed E-state index contributed by atoms with van der Waals surface area (Å²) in [6, 6.07) is 6.55. The van der Waals surface area contributed by atoms with Crippen molar-refractivity contribution in [2.75, 3.05) is 18.5 Å². The molecule has 1 N–H and O–H groups in total. The molecule has 0 spiro atoms. The SMILES string of the molecule is O=[N+]([O-])C1=C2N(Cc3ccc(Cl)nc3)CCN2C2CCCC1N2Nc1c(F)cccc1F. The number of aromatic nitrogens is 1. The maximum atomic E-state index is 14.3. The van der Waals surface area contributed by atoms with Crippen molar-refractivity contribution in [2.45, 2.75) is 38.0 Å². The van der Waals surface area contributed by atoms with Gasteiger partial charge in [0.25, 0.3) is 0 Å². The maximum Gasteiger partial charge on any atom is 0.305 e. The van der Waals surface area contributed by atoms with Crippen molar-refractivity contribution in [3.63, 3.8) is 0 Å². The maximum absolute atomic E-state index is 14.3. The van der Waals surface area contributed by atoms with Gasteiger partial charge in [-0.3, -0.25) is 10.1 Å². The van der Waals surface area contributed by atoms with E-state index in [4.69, 9.17) is 11.6 Å². The van der Waals surface area contributed by atoms with Crippen LogP contribution in [0.1, 0.15) is 24.8 Å². The van der Waals surface area contributed by atoms with Crippen LogP contribution >= 0.6 is 11.6 Å². The van der Waals surface area contributed by atoms with E-state index < -0.39 is 17.7 Å². The van der Waals surface area contributed by atoms with Crippen molar-refractivity contribution >= 4 is 17.3 Å². The summed E-state index contributed by atoms with van der Waals surface area (Å²) in [6.07, 6.45) is 3.44. The lowest BCUT2D eigenvalue weighted by Gasteiger charge is -2.49. The van der Waals surface area contributed by atoms with Gasteiger partial charge in [0.05, 0.1) is 4.92 Å². The van der Waals surface area contributed by atoms with Crippen molar-refractivity contribution in [1.29, 1.82) is 0 Å². The Bertz CT molecular complexity index is 1060. The lowest BCUT2D eigenvalue weighted by atomic mass is 9.94. The van der Waals surface area contributed by atoms with Crippen LogP contribution in [0.15, 0.2) is 48.0 Å². The van der Waals surface area contributed by atoms with E-state index in [9.17, 15) is 18.9 Å². The van der Waals surface area contributed by atoms with Gasteiger partial charge >= 0.3 is 5.70 Å². The van der Waals surface area contributed by atoms with Gasteiger partial charge in [-0.25, -0.2) is 13.8 Å². The minimum absolute atomic E-state index is 0.0459. The fourth-order valence-corrected chi connectivity index (χ4v) is 5.00. The molecule has 2 saturated heterocycles. The molecule has 1 aromatic carbocycles. The smallest absolute Gasteiger partial charge is 0.305 e. The zero-order valence-electron chi connectivity index (χ0n) is 17.0. The summed E-state index contributed by atoms with van der Waals surface area (Å²) in [4.78, 5) is 19.9. The molecule has 0 radical (unpaired) electrons. The largest absolute Gasteiger partial charge is 0.347 e. The molecule has 0 amide bonds. The number of benzene rings is 1. The highest BCUT2D eigenvalue weighted by molar-refractivity contribution is 6.29. The summed E-state index contributed by atoms with van der Waals surface area (Å²) in [6.45, 7) is 1.63. The zero-order chi connectivity index (χ0) is 22.4. The first-order chi connectivity index (χ1) is 15.4. The first kappa shape index (κ1) is 20.9. The zero-order valence-corrected chi connectivity index (χ0v) is 17.8. The number of halogens is 3. The van der Waals surface area contributed by atoms with E-state index in [1.807, 2.05) is 15.9 Å². The van der Waals surface area contributed by atoms with Crippen molar-refractivity contribution in [3.8, 4) is 0 Å². The number of pyridine rings is 1. The van der Waals surface area contributed by atoms with E-state index in [-0.39, 0.29) is 22.5 Å². The van der Waals surface area contributed by atoms with Crippen molar-refractivity contribution in [3.05, 3.63) is 80.5 Å². The molecule has 32 heavy (non-hydrogen) atoms. The predicted octanol–water partition coefficient (Wildman–Crippen LogP) is 3.80. The quantitative estimate of drug-likeness (QED) is 0.411. The summed E-state index contributed by atoms with van der Waals surface area (Å²) in [7, 11) is 0.